The fourth-order valence-corrected chi connectivity index (χ4v) is 3.81. The molecule has 1 atom stereocenters. The van der Waals surface area contributed by atoms with Crippen molar-refractivity contribution in [3.8, 4) is 0 Å². The van der Waals surface area contributed by atoms with Crippen LogP contribution in [0.3, 0.4) is 0 Å². The van der Waals surface area contributed by atoms with E-state index in [1.54, 1.807) is 11.1 Å². The summed E-state index contributed by atoms with van der Waals surface area (Å²) in [7, 11) is 0. The van der Waals surface area contributed by atoms with Gasteiger partial charge in [0.1, 0.15) is 0 Å². The van der Waals surface area contributed by atoms with Crippen molar-refractivity contribution >= 4 is 0 Å². The summed E-state index contributed by atoms with van der Waals surface area (Å²) in [5, 5.41) is 3.86. The Morgan fingerprint density at radius 2 is 1.84 bits per heavy atom. The largest absolute Gasteiger partial charge is 0.310 e. The molecule has 1 nitrogen and oxygen atoms in total. The molecule has 0 spiro atoms. The number of hydrogen-bond acceptors (Lipinski definition) is 1. The van der Waals surface area contributed by atoms with E-state index in [9.17, 15) is 0 Å². The van der Waals surface area contributed by atoms with Gasteiger partial charge in [0.2, 0.25) is 0 Å². The van der Waals surface area contributed by atoms with Crippen molar-refractivity contribution in [2.45, 2.75) is 57.9 Å². The predicted molar refractivity (Wildman–Crippen MR) is 81.2 cm³/mol. The van der Waals surface area contributed by atoms with Gasteiger partial charge in [-0.1, -0.05) is 44.0 Å². The van der Waals surface area contributed by atoms with Gasteiger partial charge in [-0.2, -0.15) is 0 Å². The van der Waals surface area contributed by atoms with Gasteiger partial charge in [-0.05, 0) is 61.6 Å². The van der Waals surface area contributed by atoms with Gasteiger partial charge >= 0.3 is 0 Å². The summed E-state index contributed by atoms with van der Waals surface area (Å²) in [6.45, 7) is 3.63. The standard InChI is InChI=1S/C18H27N/c1-14-9-11-15(12-10-14)13-19-18-8-4-6-16-5-2-3-7-17(16)18/h2-3,5,7,14-15,18-19H,4,6,8-13H2,1H3. The molecule has 0 radical (unpaired) electrons. The van der Waals surface area contributed by atoms with E-state index in [2.05, 4.69) is 36.5 Å². The summed E-state index contributed by atoms with van der Waals surface area (Å²) in [6.07, 6.45) is 9.68. The number of aryl methyl sites for hydroxylation is 1. The van der Waals surface area contributed by atoms with Crippen molar-refractivity contribution in [3.05, 3.63) is 35.4 Å². The Bertz CT molecular complexity index is 404. The zero-order chi connectivity index (χ0) is 13.1. The third-order valence-corrected chi connectivity index (χ3v) is 5.16. The summed E-state index contributed by atoms with van der Waals surface area (Å²) < 4.78 is 0. The smallest absolute Gasteiger partial charge is 0.0323 e. The first-order valence-electron chi connectivity index (χ1n) is 8.14. The van der Waals surface area contributed by atoms with Gasteiger partial charge < -0.3 is 5.32 Å². The van der Waals surface area contributed by atoms with Crippen molar-refractivity contribution in [1.82, 2.24) is 5.32 Å². The Hall–Kier alpha value is -0.820. The Balaban J connectivity index is 1.56. The second-order valence-electron chi connectivity index (χ2n) is 6.68. The first-order valence-corrected chi connectivity index (χ1v) is 8.14. The second-order valence-corrected chi connectivity index (χ2v) is 6.68. The van der Waals surface area contributed by atoms with Crippen LogP contribution in [-0.4, -0.2) is 6.54 Å². The normalized spacial score (nSPS) is 30.9. The van der Waals surface area contributed by atoms with Crippen LogP contribution in [0.4, 0.5) is 0 Å². The number of nitrogens with one attached hydrogen (secondary N) is 1. The predicted octanol–water partition coefficient (Wildman–Crippen LogP) is 4.48. The van der Waals surface area contributed by atoms with Gasteiger partial charge in [0.05, 0.1) is 0 Å². The van der Waals surface area contributed by atoms with Gasteiger partial charge in [0, 0.05) is 6.04 Å². The topological polar surface area (TPSA) is 12.0 Å². The van der Waals surface area contributed by atoms with Crippen molar-refractivity contribution in [1.29, 1.82) is 0 Å². The highest BCUT2D eigenvalue weighted by atomic mass is 14.9. The number of fused-ring (bicyclic) bond motifs is 1. The van der Waals surface area contributed by atoms with Crippen molar-refractivity contribution in [3.63, 3.8) is 0 Å². The fourth-order valence-electron chi connectivity index (χ4n) is 3.81. The van der Waals surface area contributed by atoms with Crippen LogP contribution in [0.5, 0.6) is 0 Å². The third kappa shape index (κ3) is 3.20. The summed E-state index contributed by atoms with van der Waals surface area (Å²) >= 11 is 0. The first kappa shape index (κ1) is 13.2. The Kier molecular flexibility index (Phi) is 4.22. The van der Waals surface area contributed by atoms with Gasteiger partial charge in [-0.25, -0.2) is 0 Å². The van der Waals surface area contributed by atoms with Gasteiger partial charge in [0.25, 0.3) is 0 Å². The molecule has 1 saturated carbocycles. The number of hydrogen-bond donors (Lipinski definition) is 1. The molecule has 0 saturated heterocycles. The number of rotatable bonds is 3. The van der Waals surface area contributed by atoms with Crippen LogP contribution in [0, 0.1) is 11.8 Å². The zero-order valence-electron chi connectivity index (χ0n) is 12.2. The van der Waals surface area contributed by atoms with Crippen LogP contribution in [-0.2, 0) is 6.42 Å². The highest BCUT2D eigenvalue weighted by molar-refractivity contribution is 5.32. The molecule has 104 valence electrons. The van der Waals surface area contributed by atoms with Crippen LogP contribution in [0.15, 0.2) is 24.3 Å². The Morgan fingerprint density at radius 1 is 1.05 bits per heavy atom. The third-order valence-electron chi connectivity index (χ3n) is 5.16. The molecule has 0 aromatic heterocycles. The minimum atomic E-state index is 0.615. The van der Waals surface area contributed by atoms with E-state index in [0.717, 1.165) is 11.8 Å². The molecule has 3 rings (SSSR count). The van der Waals surface area contributed by atoms with Crippen LogP contribution in [0.25, 0.3) is 0 Å². The lowest BCUT2D eigenvalue weighted by atomic mass is 9.82. The van der Waals surface area contributed by atoms with Crippen LogP contribution in [0.1, 0.15) is 62.6 Å². The van der Waals surface area contributed by atoms with E-state index in [-0.39, 0.29) is 0 Å². The van der Waals surface area contributed by atoms with Crippen LogP contribution in [0.2, 0.25) is 0 Å². The molecule has 1 unspecified atom stereocenters. The molecular weight excluding hydrogens is 230 g/mol. The quantitative estimate of drug-likeness (QED) is 0.842. The van der Waals surface area contributed by atoms with Crippen LogP contribution >= 0.6 is 0 Å². The molecule has 19 heavy (non-hydrogen) atoms. The lowest BCUT2D eigenvalue weighted by Crippen LogP contribution is -2.31. The maximum Gasteiger partial charge on any atom is 0.0323 e. The fraction of sp³-hybridized carbons (Fsp3) is 0.667. The van der Waals surface area contributed by atoms with Gasteiger partial charge in [-0.3, -0.25) is 0 Å². The molecule has 0 aliphatic heterocycles. The summed E-state index contributed by atoms with van der Waals surface area (Å²) in [4.78, 5) is 0. The molecule has 0 amide bonds. The molecule has 1 aromatic carbocycles. The lowest BCUT2D eigenvalue weighted by Gasteiger charge is -2.31. The summed E-state index contributed by atoms with van der Waals surface area (Å²) in [5.74, 6) is 1.89. The highest BCUT2D eigenvalue weighted by Gasteiger charge is 2.22. The Labute approximate surface area is 117 Å². The summed E-state index contributed by atoms with van der Waals surface area (Å²) in [6, 6.07) is 9.63. The van der Waals surface area contributed by atoms with E-state index >= 15 is 0 Å². The maximum atomic E-state index is 3.86. The van der Waals surface area contributed by atoms with Gasteiger partial charge in [-0.15, -0.1) is 0 Å². The second kappa shape index (κ2) is 6.09. The molecular formula is C18H27N. The minimum absolute atomic E-state index is 0.615. The lowest BCUT2D eigenvalue weighted by molar-refractivity contribution is 0.270. The summed E-state index contributed by atoms with van der Waals surface area (Å²) in [5.41, 5.74) is 3.14. The molecule has 2 aliphatic carbocycles. The average molecular weight is 257 g/mol. The minimum Gasteiger partial charge on any atom is -0.310 e. The highest BCUT2D eigenvalue weighted by Crippen LogP contribution is 2.31. The van der Waals surface area contributed by atoms with E-state index in [1.165, 1.54) is 51.5 Å². The van der Waals surface area contributed by atoms with E-state index in [0.29, 0.717) is 6.04 Å². The van der Waals surface area contributed by atoms with E-state index in [4.69, 9.17) is 0 Å². The molecule has 0 heterocycles. The molecule has 0 bridgehead atoms. The average Bonchev–Trinajstić information content (AvgIpc) is 2.47. The maximum absolute atomic E-state index is 3.86. The SMILES string of the molecule is CC1CCC(CNC2CCCc3ccccc32)CC1. The van der Waals surface area contributed by atoms with Crippen molar-refractivity contribution in [2.24, 2.45) is 11.8 Å². The molecule has 1 N–H and O–H groups in total. The van der Waals surface area contributed by atoms with Crippen LogP contribution < -0.4 is 5.32 Å². The molecule has 1 fully saturated rings. The van der Waals surface area contributed by atoms with Crippen molar-refractivity contribution < 1.29 is 0 Å². The van der Waals surface area contributed by atoms with E-state index in [1.807, 2.05) is 0 Å². The Morgan fingerprint density at radius 3 is 2.68 bits per heavy atom. The van der Waals surface area contributed by atoms with E-state index < -0.39 is 0 Å². The van der Waals surface area contributed by atoms with Crippen molar-refractivity contribution in [2.75, 3.05) is 6.54 Å². The monoisotopic (exact) mass is 257 g/mol. The zero-order valence-corrected chi connectivity index (χ0v) is 12.2. The molecule has 1 aromatic rings. The van der Waals surface area contributed by atoms with Gasteiger partial charge in [0.15, 0.2) is 0 Å². The molecule has 2 aliphatic rings. The first-order chi connectivity index (χ1) is 9.33. The molecule has 1 heteroatoms. The number of benzene rings is 1.